The van der Waals surface area contributed by atoms with Gasteiger partial charge in [0.1, 0.15) is 24.2 Å². The van der Waals surface area contributed by atoms with Crippen LogP contribution < -0.4 is 27.0 Å². The molecule has 5 atom stereocenters. The largest absolute Gasteiger partial charge is 0.481 e. The number of benzene rings is 1. The van der Waals surface area contributed by atoms with Crippen molar-refractivity contribution in [1.82, 2.24) is 26.3 Å². The first-order valence-corrected chi connectivity index (χ1v) is 13.4. The molecule has 0 aliphatic carbocycles. The van der Waals surface area contributed by atoms with Crippen LogP contribution >= 0.6 is 0 Å². The van der Waals surface area contributed by atoms with Crippen LogP contribution in [0.1, 0.15) is 45.1 Å². The number of hydrogen-bond acceptors (Lipinski definition) is 8. The highest BCUT2D eigenvalue weighted by molar-refractivity contribution is 5.95. The number of H-pyrrole nitrogens is 1. The Hall–Kier alpha value is -4.99. The molecule has 16 heteroatoms. The van der Waals surface area contributed by atoms with E-state index in [-0.39, 0.29) is 25.7 Å². The van der Waals surface area contributed by atoms with Gasteiger partial charge in [-0.2, -0.15) is 0 Å². The molecule has 0 spiro atoms. The van der Waals surface area contributed by atoms with Gasteiger partial charge in [-0.1, -0.05) is 18.2 Å². The van der Waals surface area contributed by atoms with E-state index in [0.29, 0.717) is 5.56 Å². The summed E-state index contributed by atoms with van der Waals surface area (Å²) in [5, 5.41) is 37.6. The van der Waals surface area contributed by atoms with Crippen LogP contribution in [0.4, 0.5) is 0 Å². The molecule has 16 nitrogen and oxygen atoms in total. The van der Waals surface area contributed by atoms with Crippen molar-refractivity contribution in [2.24, 2.45) is 5.73 Å². The summed E-state index contributed by atoms with van der Waals surface area (Å²) >= 11 is 0. The Morgan fingerprint density at radius 1 is 0.744 bits per heavy atom. The van der Waals surface area contributed by atoms with Gasteiger partial charge in [-0.25, -0.2) is 4.79 Å². The lowest BCUT2D eigenvalue weighted by atomic mass is 10.0. The minimum Gasteiger partial charge on any atom is -0.481 e. The van der Waals surface area contributed by atoms with Crippen LogP contribution in [0, 0.1) is 0 Å². The molecule has 43 heavy (non-hydrogen) atoms. The van der Waals surface area contributed by atoms with E-state index in [4.69, 9.17) is 15.9 Å². The van der Waals surface area contributed by atoms with Gasteiger partial charge in [-0.15, -0.1) is 0 Å². The third-order valence-electron chi connectivity index (χ3n) is 6.50. The Labute approximate surface area is 245 Å². The van der Waals surface area contributed by atoms with E-state index >= 15 is 0 Å². The second-order valence-corrected chi connectivity index (χ2v) is 9.96. The second kappa shape index (κ2) is 15.9. The molecule has 1 aromatic carbocycles. The molecule has 2 rings (SSSR count). The minimum atomic E-state index is -1.43. The molecule has 1 aromatic heterocycles. The predicted octanol–water partition coefficient (Wildman–Crippen LogP) is -1.17. The third-order valence-corrected chi connectivity index (χ3v) is 6.50. The van der Waals surface area contributed by atoms with E-state index in [0.717, 1.165) is 10.9 Å². The number of amides is 4. The number of nitrogens with one attached hydrogen (secondary N) is 5. The maximum absolute atomic E-state index is 12.9. The van der Waals surface area contributed by atoms with Crippen molar-refractivity contribution < 1.29 is 48.9 Å². The molecule has 4 amide bonds. The standard InChI is InChI=1S/C27H36N6O10/c1-13(30-25(40)17(28)7-9-21(34)35)23(38)32-19(8-10-22(36)37)26(41)31-14(2)24(39)33-20(27(42)43)11-15-12-29-18-6-4-3-5-16(15)18/h3-6,12-14,17,19-20,29H,7-11,28H2,1-2H3,(H,30,40)(H,31,41)(H,32,38)(H,33,39)(H,34,35)(H,36,37)(H,42,43). The molecule has 2 aromatic rings. The number of carbonyl (C=O) groups is 7. The van der Waals surface area contributed by atoms with Crippen LogP contribution in [-0.4, -0.2) is 92.0 Å². The summed E-state index contributed by atoms with van der Waals surface area (Å²) in [5.74, 6) is -7.14. The maximum atomic E-state index is 12.9. The van der Waals surface area contributed by atoms with Gasteiger partial charge in [0.15, 0.2) is 0 Å². The summed E-state index contributed by atoms with van der Waals surface area (Å²) in [6.07, 6.45) is 0.162. The molecule has 1 heterocycles. The number of nitrogens with two attached hydrogens (primary N) is 1. The van der Waals surface area contributed by atoms with Gasteiger partial charge in [0, 0.05) is 36.4 Å². The molecular weight excluding hydrogens is 568 g/mol. The highest BCUT2D eigenvalue weighted by Gasteiger charge is 2.30. The number of carboxylic acid groups (broad SMARTS) is 3. The Morgan fingerprint density at radius 3 is 1.86 bits per heavy atom. The van der Waals surface area contributed by atoms with E-state index in [9.17, 15) is 38.7 Å². The van der Waals surface area contributed by atoms with Gasteiger partial charge in [0.2, 0.25) is 23.6 Å². The summed E-state index contributed by atoms with van der Waals surface area (Å²) < 4.78 is 0. The molecule has 10 N–H and O–H groups in total. The number of carbonyl (C=O) groups excluding carboxylic acids is 4. The maximum Gasteiger partial charge on any atom is 0.326 e. The molecule has 234 valence electrons. The molecule has 0 bridgehead atoms. The van der Waals surface area contributed by atoms with Crippen molar-refractivity contribution in [2.45, 2.75) is 76.2 Å². The van der Waals surface area contributed by atoms with Crippen molar-refractivity contribution in [3.8, 4) is 0 Å². The number of aliphatic carboxylic acids is 3. The van der Waals surface area contributed by atoms with Gasteiger partial charge in [0.05, 0.1) is 6.04 Å². The average molecular weight is 605 g/mol. The normalized spacial score (nSPS) is 14.4. The number of rotatable bonds is 17. The molecule has 0 saturated carbocycles. The van der Waals surface area contributed by atoms with Gasteiger partial charge >= 0.3 is 17.9 Å². The van der Waals surface area contributed by atoms with Crippen molar-refractivity contribution in [1.29, 1.82) is 0 Å². The monoisotopic (exact) mass is 604 g/mol. The first-order chi connectivity index (χ1) is 20.2. The van der Waals surface area contributed by atoms with Crippen molar-refractivity contribution in [2.75, 3.05) is 0 Å². The fraction of sp³-hybridized carbons (Fsp3) is 0.444. The van der Waals surface area contributed by atoms with Crippen LogP contribution in [-0.2, 0) is 40.0 Å². The lowest BCUT2D eigenvalue weighted by molar-refractivity contribution is -0.142. The topological polar surface area (TPSA) is 270 Å². The number of aromatic amines is 1. The number of fused-ring (bicyclic) bond motifs is 1. The average Bonchev–Trinajstić information content (AvgIpc) is 3.35. The number of para-hydroxylation sites is 1. The van der Waals surface area contributed by atoms with Crippen LogP contribution in [0.5, 0.6) is 0 Å². The Bertz CT molecular complexity index is 1360. The van der Waals surface area contributed by atoms with Crippen molar-refractivity contribution in [3.63, 3.8) is 0 Å². The van der Waals surface area contributed by atoms with Crippen LogP contribution in [0.15, 0.2) is 30.5 Å². The summed E-state index contributed by atoms with van der Waals surface area (Å²) in [6, 6.07) is 0.746. The fourth-order valence-corrected chi connectivity index (χ4v) is 4.03. The molecular formula is C27H36N6O10. The lowest BCUT2D eigenvalue weighted by Gasteiger charge is -2.24. The molecule has 0 aliphatic heterocycles. The summed E-state index contributed by atoms with van der Waals surface area (Å²) in [7, 11) is 0. The smallest absolute Gasteiger partial charge is 0.326 e. The Morgan fingerprint density at radius 2 is 1.28 bits per heavy atom. The highest BCUT2D eigenvalue weighted by atomic mass is 16.4. The highest BCUT2D eigenvalue weighted by Crippen LogP contribution is 2.19. The lowest BCUT2D eigenvalue weighted by Crippen LogP contribution is -2.57. The van der Waals surface area contributed by atoms with Crippen molar-refractivity contribution >= 4 is 52.4 Å². The molecule has 0 radical (unpaired) electrons. The first-order valence-electron chi connectivity index (χ1n) is 13.4. The summed E-state index contributed by atoms with van der Waals surface area (Å²) in [6.45, 7) is 2.56. The predicted molar refractivity (Wildman–Crippen MR) is 150 cm³/mol. The van der Waals surface area contributed by atoms with E-state index in [1.165, 1.54) is 13.8 Å². The SMILES string of the molecule is CC(NC(=O)C(N)CCC(=O)O)C(=O)NC(CCC(=O)O)C(=O)NC(C)C(=O)NC(Cc1c[nH]c2ccccc12)C(=O)O. The molecule has 0 aliphatic rings. The quantitative estimate of drug-likeness (QED) is 0.104. The molecule has 0 saturated heterocycles. The number of carboxylic acids is 3. The summed E-state index contributed by atoms with van der Waals surface area (Å²) in [4.78, 5) is 87.3. The van der Waals surface area contributed by atoms with Crippen molar-refractivity contribution in [3.05, 3.63) is 36.0 Å². The fourth-order valence-electron chi connectivity index (χ4n) is 4.03. The Kier molecular flexibility index (Phi) is 12.6. The van der Waals surface area contributed by atoms with Gasteiger partial charge < -0.3 is 47.3 Å². The zero-order chi connectivity index (χ0) is 32.3. The minimum absolute atomic E-state index is 0.0490. The van der Waals surface area contributed by atoms with Gasteiger partial charge in [0.25, 0.3) is 0 Å². The molecule has 0 fully saturated rings. The first kappa shape index (κ1) is 34.2. The zero-order valence-corrected chi connectivity index (χ0v) is 23.6. The van der Waals surface area contributed by atoms with E-state index in [1.54, 1.807) is 18.3 Å². The van der Waals surface area contributed by atoms with Crippen LogP contribution in [0.3, 0.4) is 0 Å². The van der Waals surface area contributed by atoms with Gasteiger partial charge in [-0.3, -0.25) is 28.8 Å². The Balaban J connectivity index is 2.02. The van der Waals surface area contributed by atoms with Crippen LogP contribution in [0.25, 0.3) is 10.9 Å². The molecule has 5 unspecified atom stereocenters. The van der Waals surface area contributed by atoms with E-state index in [2.05, 4.69) is 26.3 Å². The number of hydrogen-bond donors (Lipinski definition) is 9. The van der Waals surface area contributed by atoms with E-state index < -0.39 is 78.2 Å². The number of aromatic nitrogens is 1. The van der Waals surface area contributed by atoms with Gasteiger partial charge in [-0.05, 0) is 38.3 Å². The zero-order valence-electron chi connectivity index (χ0n) is 23.6. The third kappa shape index (κ3) is 10.7. The van der Waals surface area contributed by atoms with E-state index in [1.807, 2.05) is 12.1 Å². The second-order valence-electron chi connectivity index (χ2n) is 9.96. The van der Waals surface area contributed by atoms with Crippen LogP contribution in [0.2, 0.25) is 0 Å². The summed E-state index contributed by atoms with van der Waals surface area (Å²) in [5.41, 5.74) is 7.07.